The van der Waals surface area contributed by atoms with Crippen LogP contribution in [0.2, 0.25) is 0 Å². The first kappa shape index (κ1) is 29.6. The summed E-state index contributed by atoms with van der Waals surface area (Å²) in [5, 5.41) is 5.67. The lowest BCUT2D eigenvalue weighted by atomic mass is 9.99. The van der Waals surface area contributed by atoms with Crippen molar-refractivity contribution in [1.29, 1.82) is 0 Å². The molecular formula is C47H27N5OS. The highest BCUT2D eigenvalue weighted by molar-refractivity contribution is 7.99. The summed E-state index contributed by atoms with van der Waals surface area (Å²) in [5.41, 5.74) is 9.97. The number of furan rings is 1. The van der Waals surface area contributed by atoms with Crippen LogP contribution in [0.4, 0.5) is 0 Å². The molecule has 0 N–H and O–H groups in total. The molecular weight excluding hydrogens is 683 g/mol. The predicted molar refractivity (Wildman–Crippen MR) is 219 cm³/mol. The molecule has 0 aliphatic carbocycles. The van der Waals surface area contributed by atoms with Gasteiger partial charge in [-0.2, -0.15) is 9.97 Å². The molecule has 0 saturated carbocycles. The Morgan fingerprint density at radius 1 is 0.463 bits per heavy atom. The zero-order chi connectivity index (χ0) is 35.3. The molecule has 252 valence electrons. The first-order valence-electron chi connectivity index (χ1n) is 18.0. The highest BCUT2D eigenvalue weighted by atomic mass is 32.2. The molecule has 7 heteroatoms. The molecule has 0 radical (unpaired) electrons. The summed E-state index contributed by atoms with van der Waals surface area (Å²) in [7, 11) is 0. The van der Waals surface area contributed by atoms with Gasteiger partial charge in [0.2, 0.25) is 5.95 Å². The van der Waals surface area contributed by atoms with Gasteiger partial charge in [-0.25, -0.2) is 4.98 Å². The monoisotopic (exact) mass is 709 g/mol. The molecule has 0 amide bonds. The van der Waals surface area contributed by atoms with Crippen LogP contribution >= 0.6 is 11.8 Å². The molecule has 0 atom stereocenters. The highest BCUT2D eigenvalue weighted by Gasteiger charge is 2.29. The molecule has 54 heavy (non-hydrogen) atoms. The molecule has 0 spiro atoms. The predicted octanol–water partition coefficient (Wildman–Crippen LogP) is 12.3. The number of fused-ring (bicyclic) bond motifs is 10. The van der Waals surface area contributed by atoms with Gasteiger partial charge < -0.3 is 4.42 Å². The molecule has 5 heterocycles. The molecule has 12 rings (SSSR count). The maximum atomic E-state index is 6.36. The van der Waals surface area contributed by atoms with Crippen molar-refractivity contribution in [3.05, 3.63) is 164 Å². The average molecular weight is 710 g/mol. The summed E-state index contributed by atoms with van der Waals surface area (Å²) in [4.78, 5) is 18.4. The van der Waals surface area contributed by atoms with Crippen molar-refractivity contribution in [3.63, 3.8) is 0 Å². The molecule has 7 aromatic carbocycles. The minimum absolute atomic E-state index is 0.546. The summed E-state index contributed by atoms with van der Waals surface area (Å²) in [6, 6.07) is 57.1. The molecule has 6 nitrogen and oxygen atoms in total. The van der Waals surface area contributed by atoms with Crippen LogP contribution in [-0.2, 0) is 0 Å². The van der Waals surface area contributed by atoms with Crippen molar-refractivity contribution in [2.75, 3.05) is 0 Å². The second-order valence-corrected chi connectivity index (χ2v) is 14.7. The zero-order valence-corrected chi connectivity index (χ0v) is 29.5. The van der Waals surface area contributed by atoms with Crippen molar-refractivity contribution >= 4 is 66.5 Å². The van der Waals surface area contributed by atoms with Crippen molar-refractivity contribution in [1.82, 2.24) is 24.1 Å². The third-order valence-electron chi connectivity index (χ3n) is 10.6. The summed E-state index contributed by atoms with van der Waals surface area (Å²) in [5.74, 6) is 1.71. The molecule has 1 aliphatic rings. The third kappa shape index (κ3) is 4.21. The topological polar surface area (TPSA) is 61.7 Å². The van der Waals surface area contributed by atoms with Gasteiger partial charge in [-0.1, -0.05) is 133 Å². The standard InChI is InChI=1S/C47H27N5OS/c1-2-13-28(14-3-1)30-15-4-5-17-33(30)45-48-44(29-25-26-32-31-16-7-10-22-38(31)53-39(32)27-29)49-47(50-45)52-36-20-8-6-18-34(36)42-35-19-12-24-41-43(35)51(46(42)52)37-21-9-11-23-40(37)54-41/h1-27H. The Balaban J connectivity index is 1.20. The highest BCUT2D eigenvalue weighted by Crippen LogP contribution is 2.49. The summed E-state index contributed by atoms with van der Waals surface area (Å²) in [6.45, 7) is 0. The van der Waals surface area contributed by atoms with E-state index in [4.69, 9.17) is 19.4 Å². The molecule has 0 saturated heterocycles. The van der Waals surface area contributed by atoms with Gasteiger partial charge in [-0.05, 0) is 53.6 Å². The van der Waals surface area contributed by atoms with Gasteiger partial charge in [0.25, 0.3) is 0 Å². The molecule has 1 aliphatic heterocycles. The molecule has 0 fully saturated rings. The average Bonchev–Trinajstić information content (AvgIpc) is 3.89. The van der Waals surface area contributed by atoms with E-state index in [2.05, 4.69) is 149 Å². The number of para-hydroxylation sites is 4. The quantitative estimate of drug-likeness (QED) is 0.182. The summed E-state index contributed by atoms with van der Waals surface area (Å²) >= 11 is 1.82. The summed E-state index contributed by atoms with van der Waals surface area (Å²) in [6.07, 6.45) is 0. The van der Waals surface area contributed by atoms with E-state index in [1.165, 1.54) is 26.1 Å². The van der Waals surface area contributed by atoms with E-state index in [1.807, 2.05) is 36.0 Å². The normalized spacial score (nSPS) is 12.4. The summed E-state index contributed by atoms with van der Waals surface area (Å²) < 4.78 is 11.0. The number of benzene rings is 7. The van der Waals surface area contributed by atoms with Crippen LogP contribution in [-0.4, -0.2) is 24.1 Å². The van der Waals surface area contributed by atoms with Gasteiger partial charge in [-0.15, -0.1) is 0 Å². The van der Waals surface area contributed by atoms with Crippen LogP contribution in [0, 0.1) is 0 Å². The zero-order valence-electron chi connectivity index (χ0n) is 28.6. The smallest absolute Gasteiger partial charge is 0.239 e. The minimum Gasteiger partial charge on any atom is -0.456 e. The van der Waals surface area contributed by atoms with E-state index in [0.717, 1.165) is 66.4 Å². The lowest BCUT2D eigenvalue weighted by Gasteiger charge is -2.20. The number of hydrogen-bond acceptors (Lipinski definition) is 5. The van der Waals surface area contributed by atoms with Crippen LogP contribution in [0.5, 0.6) is 0 Å². The SMILES string of the molecule is c1ccc(-c2ccccc2-c2nc(-c3ccc4c(c3)oc3ccccc34)nc(-n3c4ccccc4c4c5cccc6c5n(c43)-c3ccccc3S6)n2)cc1. The molecule has 4 aromatic heterocycles. The Labute approximate surface area is 313 Å². The molecule has 0 bridgehead atoms. The van der Waals surface area contributed by atoms with Crippen LogP contribution in [0.15, 0.2) is 178 Å². The van der Waals surface area contributed by atoms with Crippen LogP contribution in [0.3, 0.4) is 0 Å². The van der Waals surface area contributed by atoms with Gasteiger partial charge in [0.1, 0.15) is 16.8 Å². The fourth-order valence-electron chi connectivity index (χ4n) is 8.26. The fourth-order valence-corrected chi connectivity index (χ4v) is 9.35. The first-order valence-corrected chi connectivity index (χ1v) is 18.8. The van der Waals surface area contributed by atoms with Crippen LogP contribution in [0.1, 0.15) is 0 Å². The van der Waals surface area contributed by atoms with E-state index in [0.29, 0.717) is 17.6 Å². The minimum atomic E-state index is 0.546. The van der Waals surface area contributed by atoms with Crippen molar-refractivity contribution in [2.45, 2.75) is 9.79 Å². The van der Waals surface area contributed by atoms with E-state index in [9.17, 15) is 0 Å². The fraction of sp³-hybridized carbons (Fsp3) is 0. The lowest BCUT2D eigenvalue weighted by molar-refractivity contribution is 0.669. The van der Waals surface area contributed by atoms with Gasteiger partial charge in [-0.3, -0.25) is 9.13 Å². The first-order chi connectivity index (χ1) is 26.8. The van der Waals surface area contributed by atoms with E-state index in [-0.39, 0.29) is 0 Å². The molecule has 11 aromatic rings. The Hall–Kier alpha value is -6.96. The Bertz CT molecular complexity index is 3320. The van der Waals surface area contributed by atoms with Gasteiger partial charge in [0, 0.05) is 47.8 Å². The van der Waals surface area contributed by atoms with E-state index < -0.39 is 0 Å². The second-order valence-electron chi connectivity index (χ2n) is 13.6. The largest absolute Gasteiger partial charge is 0.456 e. The number of rotatable bonds is 4. The van der Waals surface area contributed by atoms with Crippen molar-refractivity contribution in [2.24, 2.45) is 0 Å². The third-order valence-corrected chi connectivity index (χ3v) is 11.7. The Morgan fingerprint density at radius 2 is 1.17 bits per heavy atom. The lowest BCUT2D eigenvalue weighted by Crippen LogP contribution is -2.10. The number of hydrogen-bond donors (Lipinski definition) is 0. The Kier molecular flexibility index (Phi) is 6.18. The number of nitrogens with zero attached hydrogens (tertiary/aromatic N) is 5. The van der Waals surface area contributed by atoms with Crippen LogP contribution < -0.4 is 0 Å². The van der Waals surface area contributed by atoms with Gasteiger partial charge in [0.15, 0.2) is 11.6 Å². The van der Waals surface area contributed by atoms with Crippen LogP contribution in [0.25, 0.3) is 100 Å². The van der Waals surface area contributed by atoms with E-state index >= 15 is 0 Å². The van der Waals surface area contributed by atoms with Gasteiger partial charge in [0.05, 0.1) is 16.7 Å². The maximum absolute atomic E-state index is 6.36. The van der Waals surface area contributed by atoms with Crippen molar-refractivity contribution in [3.8, 4) is 45.5 Å². The van der Waals surface area contributed by atoms with Gasteiger partial charge >= 0.3 is 0 Å². The molecule has 0 unspecified atom stereocenters. The number of aromatic nitrogens is 5. The van der Waals surface area contributed by atoms with Crippen molar-refractivity contribution < 1.29 is 4.42 Å². The maximum Gasteiger partial charge on any atom is 0.239 e. The Morgan fingerprint density at radius 3 is 2.09 bits per heavy atom. The second kappa shape index (κ2) is 11.3. The van der Waals surface area contributed by atoms with E-state index in [1.54, 1.807) is 0 Å².